The zero-order valence-electron chi connectivity index (χ0n) is 13.4. The third-order valence-corrected chi connectivity index (χ3v) is 4.04. The second-order valence-corrected chi connectivity index (χ2v) is 5.77. The molecular weight excluding hydrogens is 316 g/mol. The Morgan fingerprint density at radius 1 is 1.26 bits per heavy atom. The minimum absolute atomic E-state index is 0. The number of halogens is 1. The third kappa shape index (κ3) is 4.84. The molecule has 1 heterocycles. The van der Waals surface area contributed by atoms with E-state index in [0.29, 0.717) is 11.3 Å². The highest BCUT2D eigenvalue weighted by Crippen LogP contribution is 2.30. The van der Waals surface area contributed by atoms with Gasteiger partial charge in [0.2, 0.25) is 11.8 Å². The van der Waals surface area contributed by atoms with Gasteiger partial charge in [-0.05, 0) is 37.5 Å². The van der Waals surface area contributed by atoms with Gasteiger partial charge in [0.05, 0.1) is 11.4 Å². The maximum absolute atomic E-state index is 12.1. The van der Waals surface area contributed by atoms with Crippen molar-refractivity contribution in [1.29, 1.82) is 0 Å². The molecule has 0 bridgehead atoms. The largest absolute Gasteiger partial charge is 0.370 e. The van der Waals surface area contributed by atoms with Gasteiger partial charge in [-0.2, -0.15) is 0 Å². The first-order valence-corrected chi connectivity index (χ1v) is 7.72. The molecule has 0 aromatic heterocycles. The van der Waals surface area contributed by atoms with Crippen LogP contribution in [0.2, 0.25) is 0 Å². The zero-order chi connectivity index (χ0) is 16.1. The minimum atomic E-state index is -0.507. The number of nitrogens with zero attached hydrogens (tertiary/aromatic N) is 1. The number of carbonyl (C=O) groups excluding carboxylic acids is 2. The van der Waals surface area contributed by atoms with E-state index in [1.807, 2.05) is 6.07 Å². The van der Waals surface area contributed by atoms with E-state index >= 15 is 0 Å². The minimum Gasteiger partial charge on any atom is -0.370 e. The molecule has 23 heavy (non-hydrogen) atoms. The zero-order valence-corrected chi connectivity index (χ0v) is 14.2. The lowest BCUT2D eigenvalue weighted by molar-refractivity contribution is -0.119. The molecule has 0 saturated carbocycles. The van der Waals surface area contributed by atoms with Crippen LogP contribution in [0.25, 0.3) is 0 Å². The number of amides is 2. The molecule has 1 saturated heterocycles. The molecule has 1 atom stereocenters. The monoisotopic (exact) mass is 340 g/mol. The van der Waals surface area contributed by atoms with Crippen LogP contribution in [-0.2, 0) is 4.79 Å². The van der Waals surface area contributed by atoms with Gasteiger partial charge >= 0.3 is 0 Å². The first-order chi connectivity index (χ1) is 10.5. The Labute approximate surface area is 143 Å². The lowest BCUT2D eigenvalue weighted by atomic mass is 10.1. The van der Waals surface area contributed by atoms with Gasteiger partial charge in [0.15, 0.2) is 0 Å². The lowest BCUT2D eigenvalue weighted by Crippen LogP contribution is -2.32. The van der Waals surface area contributed by atoms with Crippen molar-refractivity contribution in [2.45, 2.75) is 26.2 Å². The van der Waals surface area contributed by atoms with Crippen LogP contribution in [-0.4, -0.2) is 31.4 Å². The smallest absolute Gasteiger partial charge is 0.248 e. The van der Waals surface area contributed by atoms with Crippen LogP contribution in [0.15, 0.2) is 18.2 Å². The van der Waals surface area contributed by atoms with Gasteiger partial charge in [-0.1, -0.05) is 6.92 Å². The van der Waals surface area contributed by atoms with Crippen molar-refractivity contribution in [2.24, 2.45) is 17.4 Å². The summed E-state index contributed by atoms with van der Waals surface area (Å²) in [7, 11) is 0. The molecule has 1 aliphatic heterocycles. The Bertz CT molecular complexity index is 559. The number of primary amides is 1. The summed E-state index contributed by atoms with van der Waals surface area (Å²) in [5, 5.41) is 2.89. The van der Waals surface area contributed by atoms with Crippen LogP contribution in [0.1, 0.15) is 36.5 Å². The van der Waals surface area contributed by atoms with Crippen LogP contribution >= 0.6 is 12.4 Å². The van der Waals surface area contributed by atoms with E-state index in [9.17, 15) is 9.59 Å². The predicted molar refractivity (Wildman–Crippen MR) is 95.1 cm³/mol. The normalized spacial score (nSPS) is 15.5. The molecule has 0 aliphatic carbocycles. The molecule has 7 heteroatoms. The molecular formula is C16H25ClN4O2. The average Bonchev–Trinajstić information content (AvgIpc) is 2.54. The van der Waals surface area contributed by atoms with Crippen LogP contribution in [0.5, 0.6) is 0 Å². The quantitative estimate of drug-likeness (QED) is 0.759. The summed E-state index contributed by atoms with van der Waals surface area (Å²) in [6.45, 7) is 3.95. The van der Waals surface area contributed by atoms with Gasteiger partial charge in [0.25, 0.3) is 0 Å². The number of hydrogen-bond donors (Lipinski definition) is 3. The number of rotatable bonds is 5. The molecule has 6 nitrogen and oxygen atoms in total. The highest BCUT2D eigenvalue weighted by atomic mass is 35.5. The first-order valence-electron chi connectivity index (χ1n) is 7.72. The summed E-state index contributed by atoms with van der Waals surface area (Å²) in [4.78, 5) is 25.8. The van der Waals surface area contributed by atoms with Gasteiger partial charge in [0.1, 0.15) is 0 Å². The van der Waals surface area contributed by atoms with E-state index in [1.165, 1.54) is 6.42 Å². The molecule has 128 valence electrons. The highest BCUT2D eigenvalue weighted by Gasteiger charge is 2.19. The Morgan fingerprint density at radius 2 is 1.91 bits per heavy atom. The van der Waals surface area contributed by atoms with Crippen molar-refractivity contribution in [1.82, 2.24) is 0 Å². The van der Waals surface area contributed by atoms with Crippen LogP contribution in [0.3, 0.4) is 0 Å². The fourth-order valence-electron chi connectivity index (χ4n) is 2.56. The summed E-state index contributed by atoms with van der Waals surface area (Å²) in [5.74, 6) is -0.943. The topological polar surface area (TPSA) is 101 Å². The number of hydrogen-bond acceptors (Lipinski definition) is 4. The number of benzene rings is 1. The van der Waals surface area contributed by atoms with Crippen LogP contribution in [0, 0.1) is 5.92 Å². The maximum atomic E-state index is 12.1. The van der Waals surface area contributed by atoms with Crippen molar-refractivity contribution < 1.29 is 9.59 Å². The van der Waals surface area contributed by atoms with Crippen molar-refractivity contribution in [3.05, 3.63) is 23.8 Å². The van der Waals surface area contributed by atoms with Crippen LogP contribution in [0.4, 0.5) is 11.4 Å². The fraction of sp³-hybridized carbons (Fsp3) is 0.500. The molecule has 2 rings (SSSR count). The average molecular weight is 341 g/mol. The lowest BCUT2D eigenvalue weighted by Gasteiger charge is -2.31. The standard InChI is InChI=1S/C16H24N4O2.ClH/c1-11(10-17)16(22)19-13-9-12(15(18)21)5-6-14(13)20-7-3-2-4-8-20;/h5-6,9,11H,2-4,7-8,10,17H2,1H3,(H2,18,21)(H,19,22);1H. The second kappa shape index (κ2) is 8.74. The molecule has 0 spiro atoms. The SMILES string of the molecule is CC(CN)C(=O)Nc1cc(C(N)=O)ccc1N1CCCCC1.Cl. The number of piperidine rings is 1. The summed E-state index contributed by atoms with van der Waals surface area (Å²) in [5.41, 5.74) is 12.8. The van der Waals surface area contributed by atoms with Crippen LogP contribution < -0.4 is 21.7 Å². The van der Waals surface area contributed by atoms with E-state index in [0.717, 1.165) is 31.6 Å². The number of nitrogens with one attached hydrogen (secondary N) is 1. The Morgan fingerprint density at radius 3 is 2.48 bits per heavy atom. The van der Waals surface area contributed by atoms with E-state index < -0.39 is 5.91 Å². The first kappa shape index (κ1) is 19.3. The molecule has 1 unspecified atom stereocenters. The van der Waals surface area contributed by atoms with Crippen molar-refractivity contribution in [3.63, 3.8) is 0 Å². The van der Waals surface area contributed by atoms with Crippen molar-refractivity contribution in [3.8, 4) is 0 Å². The van der Waals surface area contributed by atoms with E-state index in [1.54, 1.807) is 19.1 Å². The van der Waals surface area contributed by atoms with E-state index in [2.05, 4.69) is 10.2 Å². The molecule has 5 N–H and O–H groups in total. The Kier molecular flexibility index (Phi) is 7.32. The second-order valence-electron chi connectivity index (χ2n) is 5.77. The summed E-state index contributed by atoms with van der Waals surface area (Å²) in [6.07, 6.45) is 3.48. The predicted octanol–water partition coefficient (Wildman–Crippen LogP) is 1.73. The molecule has 2 amide bonds. The summed E-state index contributed by atoms with van der Waals surface area (Å²) in [6, 6.07) is 5.20. The number of anilines is 2. The Balaban J connectivity index is 0.00000264. The molecule has 1 aliphatic rings. The molecule has 1 fully saturated rings. The number of nitrogens with two attached hydrogens (primary N) is 2. The molecule has 1 aromatic carbocycles. The summed E-state index contributed by atoms with van der Waals surface area (Å²) >= 11 is 0. The van der Waals surface area contributed by atoms with Crippen molar-refractivity contribution in [2.75, 3.05) is 29.9 Å². The van der Waals surface area contributed by atoms with Gasteiger partial charge in [0, 0.05) is 31.1 Å². The van der Waals surface area contributed by atoms with E-state index in [-0.39, 0.29) is 30.8 Å². The summed E-state index contributed by atoms with van der Waals surface area (Å²) < 4.78 is 0. The molecule has 1 aromatic rings. The van der Waals surface area contributed by atoms with Gasteiger partial charge in [-0.15, -0.1) is 12.4 Å². The third-order valence-electron chi connectivity index (χ3n) is 4.04. The van der Waals surface area contributed by atoms with Crippen molar-refractivity contribution >= 4 is 35.6 Å². The maximum Gasteiger partial charge on any atom is 0.248 e. The van der Waals surface area contributed by atoms with Gasteiger partial charge < -0.3 is 21.7 Å². The molecule has 0 radical (unpaired) electrons. The van der Waals surface area contributed by atoms with Gasteiger partial charge in [-0.3, -0.25) is 9.59 Å². The Hall–Kier alpha value is -1.79. The van der Waals surface area contributed by atoms with E-state index in [4.69, 9.17) is 11.5 Å². The highest BCUT2D eigenvalue weighted by molar-refractivity contribution is 6.00. The van der Waals surface area contributed by atoms with Gasteiger partial charge in [-0.25, -0.2) is 0 Å². The fourth-order valence-corrected chi connectivity index (χ4v) is 2.56. The number of carbonyl (C=O) groups is 2.